The first-order valence-electron chi connectivity index (χ1n) is 8.22. The maximum Gasteiger partial charge on any atom is 0.318 e. The van der Waals surface area contributed by atoms with Crippen LogP contribution in [0.4, 0.5) is 4.79 Å². The molecule has 9 heteroatoms. The molecule has 1 aromatic carbocycles. The van der Waals surface area contributed by atoms with Gasteiger partial charge in [0.05, 0.1) is 16.2 Å². The summed E-state index contributed by atoms with van der Waals surface area (Å²) >= 11 is 1.10. The Labute approximate surface area is 154 Å². The van der Waals surface area contributed by atoms with Crippen LogP contribution in [0.15, 0.2) is 34.2 Å². The molecule has 0 unspecified atom stereocenters. The van der Waals surface area contributed by atoms with Gasteiger partial charge in [0.25, 0.3) is 5.56 Å². The zero-order chi connectivity index (χ0) is 19.3. The molecule has 0 aliphatic carbocycles. The highest BCUT2D eigenvalue weighted by atomic mass is 32.2. The van der Waals surface area contributed by atoms with Crippen molar-refractivity contribution in [3.63, 3.8) is 0 Å². The number of nitrogens with zero attached hydrogens (tertiary/aromatic N) is 2. The van der Waals surface area contributed by atoms with Gasteiger partial charge in [-0.25, -0.2) is 9.78 Å². The summed E-state index contributed by atoms with van der Waals surface area (Å²) in [4.78, 5) is 40.6. The average Bonchev–Trinajstić information content (AvgIpc) is 2.58. The van der Waals surface area contributed by atoms with Crippen LogP contribution in [0.25, 0.3) is 10.9 Å². The number of nitrogens with one attached hydrogen (secondary N) is 1. The van der Waals surface area contributed by atoms with Crippen molar-refractivity contribution in [2.45, 2.75) is 37.2 Å². The van der Waals surface area contributed by atoms with Crippen molar-refractivity contribution in [1.82, 2.24) is 14.9 Å². The quantitative estimate of drug-likeness (QED) is 0.489. The number of para-hydroxylation sites is 1. The fourth-order valence-corrected chi connectivity index (χ4v) is 3.58. The lowest BCUT2D eigenvalue weighted by atomic mass is 10.1. The van der Waals surface area contributed by atoms with Gasteiger partial charge in [-0.05, 0) is 24.5 Å². The monoisotopic (exact) mass is 378 g/mol. The van der Waals surface area contributed by atoms with Crippen LogP contribution in [0.3, 0.4) is 0 Å². The van der Waals surface area contributed by atoms with Crippen LogP contribution in [0.5, 0.6) is 0 Å². The Balaban J connectivity index is 2.49. The molecule has 4 N–H and O–H groups in total. The van der Waals surface area contributed by atoms with Gasteiger partial charge < -0.3 is 10.8 Å². The van der Waals surface area contributed by atoms with Crippen molar-refractivity contribution in [2.75, 3.05) is 6.61 Å². The van der Waals surface area contributed by atoms with E-state index in [1.807, 2.05) is 13.8 Å². The number of urea groups is 1. The fraction of sp³-hybridized carbons (Fsp3) is 0.412. The first-order chi connectivity index (χ1) is 12.3. The molecule has 0 aliphatic rings. The summed E-state index contributed by atoms with van der Waals surface area (Å²) in [6.45, 7) is 3.86. The topological polar surface area (TPSA) is 127 Å². The summed E-state index contributed by atoms with van der Waals surface area (Å²) < 4.78 is 1.45. The second-order valence-corrected chi connectivity index (χ2v) is 7.19. The fourth-order valence-electron chi connectivity index (χ4n) is 2.46. The van der Waals surface area contributed by atoms with Crippen molar-refractivity contribution < 1.29 is 14.7 Å². The number of benzene rings is 1. The van der Waals surface area contributed by atoms with Crippen LogP contribution in [0, 0.1) is 5.92 Å². The molecule has 0 fully saturated rings. The Morgan fingerprint density at radius 2 is 2.04 bits per heavy atom. The lowest BCUT2D eigenvalue weighted by molar-refractivity contribution is -0.120. The Bertz CT molecular complexity index is 865. The number of hydrogen-bond acceptors (Lipinski definition) is 6. The molecular formula is C17H22N4O4S. The van der Waals surface area contributed by atoms with Gasteiger partial charge in [0.1, 0.15) is 0 Å². The van der Waals surface area contributed by atoms with E-state index in [0.717, 1.165) is 11.8 Å². The summed E-state index contributed by atoms with van der Waals surface area (Å²) in [5.74, 6) is -0.664. The molecule has 0 aliphatic heterocycles. The molecular weight excluding hydrogens is 356 g/mol. The molecule has 1 atom stereocenters. The number of carbonyl (C=O) groups is 2. The zero-order valence-electron chi connectivity index (χ0n) is 14.6. The van der Waals surface area contributed by atoms with Crippen LogP contribution >= 0.6 is 11.8 Å². The predicted octanol–water partition coefficient (Wildman–Crippen LogP) is 1.09. The molecule has 2 aromatic rings. The van der Waals surface area contributed by atoms with Crippen LogP contribution in [0.1, 0.15) is 20.3 Å². The Kier molecular flexibility index (Phi) is 6.76. The van der Waals surface area contributed by atoms with Gasteiger partial charge in [0, 0.05) is 13.2 Å². The smallest absolute Gasteiger partial charge is 0.318 e. The largest absolute Gasteiger partial charge is 0.396 e. The van der Waals surface area contributed by atoms with E-state index in [1.54, 1.807) is 24.3 Å². The minimum atomic E-state index is -0.926. The van der Waals surface area contributed by atoms with E-state index in [2.05, 4.69) is 10.3 Å². The van der Waals surface area contributed by atoms with E-state index < -0.39 is 17.2 Å². The summed E-state index contributed by atoms with van der Waals surface area (Å²) in [7, 11) is 0. The molecule has 1 aromatic heterocycles. The number of primary amides is 1. The summed E-state index contributed by atoms with van der Waals surface area (Å²) in [5, 5.41) is 11.4. The van der Waals surface area contributed by atoms with E-state index in [1.165, 1.54) is 4.57 Å². The third kappa shape index (κ3) is 4.61. The highest BCUT2D eigenvalue weighted by Crippen LogP contribution is 2.27. The lowest BCUT2D eigenvalue weighted by Gasteiger charge is -2.20. The van der Waals surface area contributed by atoms with Crippen LogP contribution in [-0.2, 0) is 11.3 Å². The van der Waals surface area contributed by atoms with Gasteiger partial charge >= 0.3 is 6.03 Å². The van der Waals surface area contributed by atoms with E-state index in [9.17, 15) is 14.4 Å². The molecule has 0 spiro atoms. The second kappa shape index (κ2) is 8.81. The number of aliphatic hydroxyl groups is 1. The minimum absolute atomic E-state index is 0.0703. The number of imide groups is 1. The van der Waals surface area contributed by atoms with Gasteiger partial charge in [-0.1, -0.05) is 37.7 Å². The number of thioether (sulfide) groups is 1. The van der Waals surface area contributed by atoms with Gasteiger partial charge in [0.15, 0.2) is 5.16 Å². The Morgan fingerprint density at radius 3 is 2.65 bits per heavy atom. The van der Waals surface area contributed by atoms with Crippen molar-refractivity contribution in [1.29, 1.82) is 0 Å². The zero-order valence-corrected chi connectivity index (χ0v) is 15.5. The molecule has 2 rings (SSSR count). The third-order valence-corrected chi connectivity index (χ3v) is 5.24. The maximum atomic E-state index is 12.8. The van der Waals surface area contributed by atoms with Gasteiger partial charge in [-0.3, -0.25) is 19.5 Å². The number of fused-ring (bicyclic) bond motifs is 1. The SMILES string of the molecule is CC(C)[C@H](Sc1nc2ccccc2c(=O)n1CCCO)C(=O)NC(N)=O. The van der Waals surface area contributed by atoms with Crippen LogP contribution in [-0.4, -0.2) is 38.5 Å². The van der Waals surface area contributed by atoms with Crippen molar-refractivity contribution >= 4 is 34.6 Å². The van der Waals surface area contributed by atoms with Crippen LogP contribution in [0.2, 0.25) is 0 Å². The summed E-state index contributed by atoms with van der Waals surface area (Å²) in [6.07, 6.45) is 0.382. The average molecular weight is 378 g/mol. The Hall–Kier alpha value is -2.39. The molecule has 0 radical (unpaired) electrons. The number of carbonyl (C=O) groups excluding carboxylic acids is 2. The van der Waals surface area contributed by atoms with E-state index in [-0.39, 0.29) is 24.6 Å². The molecule has 3 amide bonds. The molecule has 8 nitrogen and oxygen atoms in total. The third-order valence-electron chi connectivity index (χ3n) is 3.71. The molecule has 0 bridgehead atoms. The molecule has 1 heterocycles. The van der Waals surface area contributed by atoms with Gasteiger partial charge in [0.2, 0.25) is 5.91 Å². The van der Waals surface area contributed by atoms with E-state index in [0.29, 0.717) is 22.5 Å². The van der Waals surface area contributed by atoms with Gasteiger partial charge in [-0.2, -0.15) is 0 Å². The number of aliphatic hydroxyl groups excluding tert-OH is 1. The number of hydrogen-bond donors (Lipinski definition) is 3. The first-order valence-corrected chi connectivity index (χ1v) is 9.10. The van der Waals surface area contributed by atoms with Crippen molar-refractivity contribution in [2.24, 2.45) is 11.7 Å². The number of aromatic nitrogens is 2. The molecule has 0 saturated heterocycles. The Morgan fingerprint density at radius 1 is 1.35 bits per heavy atom. The van der Waals surface area contributed by atoms with Gasteiger partial charge in [-0.15, -0.1) is 0 Å². The minimum Gasteiger partial charge on any atom is -0.396 e. The summed E-state index contributed by atoms with van der Waals surface area (Å²) in [6, 6.07) is 6.03. The standard InChI is InChI=1S/C17H22N4O4S/c1-10(2)13(14(23)20-16(18)25)26-17-19-12-7-4-3-6-11(12)15(24)21(17)8-5-9-22/h3-4,6-7,10,13,22H,5,8-9H2,1-2H3,(H3,18,20,23,25)/t13-/m0/s1. The maximum absolute atomic E-state index is 12.8. The summed E-state index contributed by atoms with van der Waals surface area (Å²) in [5.41, 5.74) is 5.33. The number of rotatable bonds is 7. The molecule has 140 valence electrons. The highest BCUT2D eigenvalue weighted by molar-refractivity contribution is 8.00. The van der Waals surface area contributed by atoms with E-state index >= 15 is 0 Å². The second-order valence-electron chi connectivity index (χ2n) is 6.08. The number of amides is 3. The lowest BCUT2D eigenvalue weighted by Crippen LogP contribution is -2.42. The normalized spacial score (nSPS) is 12.3. The van der Waals surface area contributed by atoms with E-state index in [4.69, 9.17) is 10.8 Å². The highest BCUT2D eigenvalue weighted by Gasteiger charge is 2.27. The molecule has 26 heavy (non-hydrogen) atoms. The van der Waals surface area contributed by atoms with Crippen molar-refractivity contribution in [3.05, 3.63) is 34.6 Å². The molecule has 0 saturated carbocycles. The first kappa shape index (κ1) is 19.9. The van der Waals surface area contributed by atoms with Crippen molar-refractivity contribution in [3.8, 4) is 0 Å². The van der Waals surface area contributed by atoms with Crippen LogP contribution < -0.4 is 16.6 Å². The predicted molar refractivity (Wildman–Crippen MR) is 99.9 cm³/mol. The number of nitrogens with two attached hydrogens (primary N) is 1.